The van der Waals surface area contributed by atoms with Gasteiger partial charge in [0.25, 0.3) is 0 Å². The smallest absolute Gasteiger partial charge is 0.240 e. The highest BCUT2D eigenvalue weighted by molar-refractivity contribution is 7.89. The van der Waals surface area contributed by atoms with E-state index in [2.05, 4.69) is 10.0 Å². The van der Waals surface area contributed by atoms with Gasteiger partial charge in [-0.3, -0.25) is 4.79 Å². The van der Waals surface area contributed by atoms with Crippen molar-refractivity contribution in [3.63, 3.8) is 0 Å². The Morgan fingerprint density at radius 2 is 1.78 bits per heavy atom. The minimum absolute atomic E-state index is 0.0777. The number of nitrogens with one attached hydrogen (secondary N) is 2. The lowest BCUT2D eigenvalue weighted by Crippen LogP contribution is -2.27. The van der Waals surface area contributed by atoms with Gasteiger partial charge in [-0.1, -0.05) is 0 Å². The summed E-state index contributed by atoms with van der Waals surface area (Å²) in [5.41, 5.74) is 1.45. The third-order valence-corrected chi connectivity index (χ3v) is 4.93. The van der Waals surface area contributed by atoms with Crippen molar-refractivity contribution in [2.45, 2.75) is 45.4 Å². The van der Waals surface area contributed by atoms with Gasteiger partial charge < -0.3 is 10.1 Å². The molecule has 6 nitrogen and oxygen atoms in total. The molecule has 1 aromatic carbocycles. The van der Waals surface area contributed by atoms with Gasteiger partial charge in [0.15, 0.2) is 0 Å². The minimum Gasteiger partial charge on any atom is -0.494 e. The normalized spacial score (nSPS) is 11.3. The summed E-state index contributed by atoms with van der Waals surface area (Å²) in [5.74, 6) is 0.630. The maximum atomic E-state index is 12.4. The highest BCUT2D eigenvalue weighted by Gasteiger charge is 2.18. The third kappa shape index (κ3) is 6.19. The number of ether oxygens (including phenoxy) is 1. The molecular formula is C16H26N2O4S. The van der Waals surface area contributed by atoms with Crippen LogP contribution in [0.15, 0.2) is 17.0 Å². The molecule has 0 radical (unpaired) electrons. The standard InChI is InChI=1S/C16H26N2O4S/c1-5-22-15-10-13(3)16(11-12(15)2)23(20,21)18-9-7-6-8-17-14(4)19/h10-11,18H,5-9H2,1-4H3,(H,17,19). The summed E-state index contributed by atoms with van der Waals surface area (Å²) in [6.07, 6.45) is 1.39. The molecule has 0 atom stereocenters. The van der Waals surface area contributed by atoms with E-state index in [1.807, 2.05) is 13.8 Å². The van der Waals surface area contributed by atoms with Gasteiger partial charge in [-0.2, -0.15) is 0 Å². The Kier molecular flexibility index (Phi) is 7.51. The molecule has 2 N–H and O–H groups in total. The van der Waals surface area contributed by atoms with E-state index in [4.69, 9.17) is 4.74 Å². The van der Waals surface area contributed by atoms with E-state index < -0.39 is 10.0 Å². The number of aryl methyl sites for hydroxylation is 2. The van der Waals surface area contributed by atoms with Crippen LogP contribution in [0.4, 0.5) is 0 Å². The summed E-state index contributed by atoms with van der Waals surface area (Å²) in [5, 5.41) is 2.68. The Bertz CT molecular complexity index is 642. The molecule has 0 aliphatic carbocycles. The molecule has 130 valence electrons. The van der Waals surface area contributed by atoms with Crippen molar-refractivity contribution >= 4 is 15.9 Å². The number of benzene rings is 1. The van der Waals surface area contributed by atoms with Crippen molar-refractivity contribution in [1.29, 1.82) is 0 Å². The highest BCUT2D eigenvalue weighted by Crippen LogP contribution is 2.25. The number of amides is 1. The van der Waals surface area contributed by atoms with Crippen molar-refractivity contribution < 1.29 is 17.9 Å². The third-order valence-electron chi connectivity index (χ3n) is 3.33. The lowest BCUT2D eigenvalue weighted by Gasteiger charge is -2.13. The summed E-state index contributed by atoms with van der Waals surface area (Å²) < 4.78 is 32.9. The number of unbranched alkanes of at least 4 members (excludes halogenated alkanes) is 1. The van der Waals surface area contributed by atoms with Gasteiger partial charge in [-0.25, -0.2) is 13.1 Å². The summed E-state index contributed by atoms with van der Waals surface area (Å²) in [4.78, 5) is 11.0. The van der Waals surface area contributed by atoms with Crippen molar-refractivity contribution in [2.24, 2.45) is 0 Å². The Morgan fingerprint density at radius 1 is 1.13 bits per heavy atom. The van der Waals surface area contributed by atoms with Crippen LogP contribution in [0.5, 0.6) is 5.75 Å². The fraction of sp³-hybridized carbons (Fsp3) is 0.562. The molecule has 0 bridgehead atoms. The van der Waals surface area contributed by atoms with Crippen LogP contribution in [0.25, 0.3) is 0 Å². The van der Waals surface area contributed by atoms with Gasteiger partial charge >= 0.3 is 0 Å². The number of hydrogen-bond donors (Lipinski definition) is 2. The summed E-state index contributed by atoms with van der Waals surface area (Å²) in [7, 11) is -3.54. The predicted octanol–water partition coefficient (Wildman–Crippen LogP) is 1.90. The van der Waals surface area contributed by atoms with E-state index in [-0.39, 0.29) is 10.8 Å². The monoisotopic (exact) mass is 342 g/mol. The molecule has 0 unspecified atom stereocenters. The Balaban J connectivity index is 2.66. The molecule has 1 amide bonds. The minimum atomic E-state index is -3.54. The number of rotatable bonds is 9. The van der Waals surface area contributed by atoms with Crippen LogP contribution in [0, 0.1) is 13.8 Å². The molecule has 1 rings (SSSR count). The van der Waals surface area contributed by atoms with E-state index in [0.29, 0.717) is 37.4 Å². The second kappa shape index (κ2) is 8.88. The Morgan fingerprint density at radius 3 is 2.39 bits per heavy atom. The molecule has 23 heavy (non-hydrogen) atoms. The van der Waals surface area contributed by atoms with Gasteiger partial charge in [0.1, 0.15) is 5.75 Å². The van der Waals surface area contributed by atoms with E-state index in [1.54, 1.807) is 19.1 Å². The quantitative estimate of drug-likeness (QED) is 0.671. The van der Waals surface area contributed by atoms with Crippen molar-refractivity contribution in [2.75, 3.05) is 19.7 Å². The molecule has 7 heteroatoms. The van der Waals surface area contributed by atoms with Gasteiger partial charge in [-0.15, -0.1) is 0 Å². The van der Waals surface area contributed by atoms with Crippen LogP contribution >= 0.6 is 0 Å². The average Bonchev–Trinajstić information content (AvgIpc) is 2.46. The van der Waals surface area contributed by atoms with Crippen LogP contribution in [0.2, 0.25) is 0 Å². The first-order valence-electron chi connectivity index (χ1n) is 7.76. The molecule has 0 aromatic heterocycles. The maximum absolute atomic E-state index is 12.4. The van der Waals surface area contributed by atoms with Crippen LogP contribution in [0.3, 0.4) is 0 Å². The van der Waals surface area contributed by atoms with Crippen LogP contribution in [0.1, 0.15) is 37.8 Å². The SMILES string of the molecule is CCOc1cc(C)c(S(=O)(=O)NCCCCNC(C)=O)cc1C. The summed E-state index contributed by atoms with van der Waals surface area (Å²) >= 11 is 0. The maximum Gasteiger partial charge on any atom is 0.240 e. The highest BCUT2D eigenvalue weighted by atomic mass is 32.2. The van der Waals surface area contributed by atoms with Gasteiger partial charge in [0.05, 0.1) is 11.5 Å². The number of carbonyl (C=O) groups is 1. The number of hydrogen-bond acceptors (Lipinski definition) is 4. The van der Waals surface area contributed by atoms with E-state index in [0.717, 1.165) is 12.0 Å². The fourth-order valence-electron chi connectivity index (χ4n) is 2.16. The zero-order valence-electron chi connectivity index (χ0n) is 14.2. The van der Waals surface area contributed by atoms with E-state index >= 15 is 0 Å². The van der Waals surface area contributed by atoms with Crippen molar-refractivity contribution in [1.82, 2.24) is 10.0 Å². The number of sulfonamides is 1. The fourth-order valence-corrected chi connectivity index (χ4v) is 3.55. The molecule has 0 saturated carbocycles. The second-order valence-electron chi connectivity index (χ2n) is 5.40. The van der Waals surface area contributed by atoms with Gasteiger partial charge in [-0.05, 0) is 56.9 Å². The average molecular weight is 342 g/mol. The lowest BCUT2D eigenvalue weighted by atomic mass is 10.1. The van der Waals surface area contributed by atoms with Gasteiger partial charge in [0, 0.05) is 20.0 Å². The lowest BCUT2D eigenvalue weighted by molar-refractivity contribution is -0.118. The first-order chi connectivity index (χ1) is 10.8. The molecular weight excluding hydrogens is 316 g/mol. The van der Waals surface area contributed by atoms with Crippen molar-refractivity contribution in [3.8, 4) is 5.75 Å². The first kappa shape index (κ1) is 19.4. The topological polar surface area (TPSA) is 84.5 Å². The zero-order chi connectivity index (χ0) is 17.5. The Labute approximate surface area is 138 Å². The van der Waals surface area contributed by atoms with Crippen LogP contribution in [-0.2, 0) is 14.8 Å². The molecule has 0 aliphatic heterocycles. The molecule has 0 saturated heterocycles. The van der Waals surface area contributed by atoms with Crippen molar-refractivity contribution in [3.05, 3.63) is 23.3 Å². The van der Waals surface area contributed by atoms with E-state index in [1.165, 1.54) is 6.92 Å². The molecule has 0 aliphatic rings. The number of carbonyl (C=O) groups excluding carboxylic acids is 1. The second-order valence-corrected chi connectivity index (χ2v) is 7.14. The van der Waals surface area contributed by atoms with E-state index in [9.17, 15) is 13.2 Å². The van der Waals surface area contributed by atoms with Crippen LogP contribution in [-0.4, -0.2) is 34.0 Å². The molecule has 0 heterocycles. The largest absolute Gasteiger partial charge is 0.494 e. The first-order valence-corrected chi connectivity index (χ1v) is 9.24. The predicted molar refractivity (Wildman–Crippen MR) is 90.2 cm³/mol. The van der Waals surface area contributed by atoms with Gasteiger partial charge in [0.2, 0.25) is 15.9 Å². The molecule has 0 fully saturated rings. The molecule has 1 aromatic rings. The van der Waals surface area contributed by atoms with Crippen LogP contribution < -0.4 is 14.8 Å². The Hall–Kier alpha value is -1.60. The molecule has 0 spiro atoms. The summed E-state index contributed by atoms with van der Waals surface area (Å²) in [6, 6.07) is 3.39. The zero-order valence-corrected chi connectivity index (χ0v) is 15.0. The summed E-state index contributed by atoms with van der Waals surface area (Å²) in [6.45, 7) is 8.37.